The van der Waals surface area contributed by atoms with Crippen molar-refractivity contribution in [2.75, 3.05) is 6.54 Å². The molecule has 2 aromatic rings. The molecule has 3 heteroatoms. The van der Waals surface area contributed by atoms with Crippen molar-refractivity contribution in [1.82, 2.24) is 4.90 Å². The van der Waals surface area contributed by atoms with Gasteiger partial charge in [-0.05, 0) is 54.8 Å². The van der Waals surface area contributed by atoms with Gasteiger partial charge in [0.2, 0.25) is 0 Å². The van der Waals surface area contributed by atoms with Crippen LogP contribution in [0.4, 0.5) is 4.39 Å². The zero-order chi connectivity index (χ0) is 14.7. The molecule has 0 spiro atoms. The van der Waals surface area contributed by atoms with E-state index in [0.29, 0.717) is 11.6 Å². The fraction of sp³-hybridized carbons (Fsp3) is 0.278. The maximum Gasteiger partial charge on any atom is 0.123 e. The highest BCUT2D eigenvalue weighted by Crippen LogP contribution is 2.33. The quantitative estimate of drug-likeness (QED) is 0.848. The fourth-order valence-electron chi connectivity index (χ4n) is 3.00. The Labute approximate surface area is 124 Å². The SMILES string of the molecule is N#Cc1ccc(CN2CCC[C@H]2c2ccc(F)cc2)cc1. The number of nitriles is 1. The molecule has 1 atom stereocenters. The molecule has 3 rings (SSSR count). The molecule has 1 aliphatic heterocycles. The van der Waals surface area contributed by atoms with Crippen molar-refractivity contribution in [1.29, 1.82) is 5.26 Å². The van der Waals surface area contributed by atoms with Gasteiger partial charge in [-0.25, -0.2) is 4.39 Å². The Balaban J connectivity index is 1.74. The van der Waals surface area contributed by atoms with Crippen molar-refractivity contribution in [3.05, 3.63) is 71.0 Å². The zero-order valence-electron chi connectivity index (χ0n) is 11.8. The standard InChI is InChI=1S/C18H17FN2/c19-17-9-7-16(8-10-17)18-2-1-11-21(18)13-15-5-3-14(12-20)4-6-15/h3-10,18H,1-2,11,13H2/t18-/m0/s1. The van der Waals surface area contributed by atoms with Crippen LogP contribution in [-0.4, -0.2) is 11.4 Å². The summed E-state index contributed by atoms with van der Waals surface area (Å²) in [5.74, 6) is -0.185. The van der Waals surface area contributed by atoms with Gasteiger partial charge in [0, 0.05) is 12.6 Å². The lowest BCUT2D eigenvalue weighted by atomic mass is 10.0. The lowest BCUT2D eigenvalue weighted by molar-refractivity contribution is 0.248. The van der Waals surface area contributed by atoms with E-state index >= 15 is 0 Å². The van der Waals surface area contributed by atoms with E-state index in [4.69, 9.17) is 5.26 Å². The molecule has 0 radical (unpaired) electrons. The molecule has 0 unspecified atom stereocenters. The highest BCUT2D eigenvalue weighted by molar-refractivity contribution is 5.31. The minimum Gasteiger partial charge on any atom is -0.292 e. The number of rotatable bonds is 3. The second kappa shape index (κ2) is 6.07. The van der Waals surface area contributed by atoms with Crippen LogP contribution >= 0.6 is 0 Å². The topological polar surface area (TPSA) is 27.0 Å². The van der Waals surface area contributed by atoms with Gasteiger partial charge in [0.05, 0.1) is 11.6 Å². The van der Waals surface area contributed by atoms with E-state index in [9.17, 15) is 4.39 Å². The van der Waals surface area contributed by atoms with Crippen LogP contribution in [0.3, 0.4) is 0 Å². The molecule has 1 fully saturated rings. The summed E-state index contributed by atoms with van der Waals surface area (Å²) in [6.45, 7) is 1.93. The smallest absolute Gasteiger partial charge is 0.123 e. The van der Waals surface area contributed by atoms with Crippen molar-refractivity contribution in [3.8, 4) is 6.07 Å². The van der Waals surface area contributed by atoms with Crippen LogP contribution in [0.15, 0.2) is 48.5 Å². The first-order valence-electron chi connectivity index (χ1n) is 7.25. The first-order chi connectivity index (χ1) is 10.3. The minimum atomic E-state index is -0.185. The van der Waals surface area contributed by atoms with Gasteiger partial charge in [-0.1, -0.05) is 24.3 Å². The number of benzene rings is 2. The summed E-state index contributed by atoms with van der Waals surface area (Å²) in [5.41, 5.74) is 3.08. The van der Waals surface area contributed by atoms with E-state index in [1.54, 1.807) is 0 Å². The van der Waals surface area contributed by atoms with Crippen LogP contribution in [0.1, 0.15) is 35.6 Å². The number of halogens is 1. The Morgan fingerprint density at radius 2 is 1.81 bits per heavy atom. The number of hydrogen-bond acceptors (Lipinski definition) is 2. The Hall–Kier alpha value is -2.18. The first kappa shape index (κ1) is 13.8. The summed E-state index contributed by atoms with van der Waals surface area (Å²) in [7, 11) is 0. The fourth-order valence-corrected chi connectivity index (χ4v) is 3.00. The van der Waals surface area contributed by atoms with Crippen molar-refractivity contribution in [3.63, 3.8) is 0 Å². The van der Waals surface area contributed by atoms with E-state index in [1.807, 2.05) is 36.4 Å². The summed E-state index contributed by atoms with van der Waals surface area (Å²) in [4.78, 5) is 2.43. The van der Waals surface area contributed by atoms with Crippen molar-refractivity contribution < 1.29 is 4.39 Å². The Morgan fingerprint density at radius 1 is 1.10 bits per heavy atom. The monoisotopic (exact) mass is 280 g/mol. The van der Waals surface area contributed by atoms with Crippen molar-refractivity contribution in [2.45, 2.75) is 25.4 Å². The summed E-state index contributed by atoms with van der Waals surface area (Å²) >= 11 is 0. The average Bonchev–Trinajstić information content (AvgIpc) is 2.97. The molecule has 0 aromatic heterocycles. The van der Waals surface area contributed by atoms with Crippen molar-refractivity contribution >= 4 is 0 Å². The van der Waals surface area contributed by atoms with E-state index < -0.39 is 0 Å². The third-order valence-electron chi connectivity index (χ3n) is 4.09. The summed E-state index contributed by atoms with van der Waals surface area (Å²) in [5, 5.41) is 8.83. The zero-order valence-corrected chi connectivity index (χ0v) is 11.8. The summed E-state index contributed by atoms with van der Waals surface area (Å²) in [6.07, 6.45) is 2.28. The third-order valence-corrected chi connectivity index (χ3v) is 4.09. The van der Waals surface area contributed by atoms with E-state index in [-0.39, 0.29) is 5.82 Å². The van der Waals surface area contributed by atoms with Gasteiger partial charge in [0.25, 0.3) is 0 Å². The molecular weight excluding hydrogens is 263 g/mol. The highest BCUT2D eigenvalue weighted by atomic mass is 19.1. The molecule has 0 bridgehead atoms. The summed E-state index contributed by atoms with van der Waals surface area (Å²) < 4.78 is 13.0. The third kappa shape index (κ3) is 3.12. The molecule has 0 N–H and O–H groups in total. The number of likely N-dealkylation sites (tertiary alicyclic amines) is 1. The Kier molecular flexibility index (Phi) is 3.98. The molecule has 0 aliphatic carbocycles. The Morgan fingerprint density at radius 3 is 2.48 bits per heavy atom. The Bertz CT molecular complexity index is 640. The maximum absolute atomic E-state index is 13.0. The van der Waals surface area contributed by atoms with E-state index in [2.05, 4.69) is 11.0 Å². The molecular formula is C18H17FN2. The highest BCUT2D eigenvalue weighted by Gasteiger charge is 2.25. The lowest BCUT2D eigenvalue weighted by Crippen LogP contribution is -2.22. The molecule has 2 aromatic carbocycles. The van der Waals surface area contributed by atoms with E-state index in [1.165, 1.54) is 29.7 Å². The first-order valence-corrected chi connectivity index (χ1v) is 7.25. The largest absolute Gasteiger partial charge is 0.292 e. The predicted octanol–water partition coefficient (Wildman–Crippen LogP) is 4.03. The van der Waals surface area contributed by atoms with Crippen molar-refractivity contribution in [2.24, 2.45) is 0 Å². The van der Waals surface area contributed by atoms with Gasteiger partial charge in [0.15, 0.2) is 0 Å². The molecule has 1 saturated heterocycles. The lowest BCUT2D eigenvalue weighted by Gasteiger charge is -2.25. The van der Waals surface area contributed by atoms with E-state index in [0.717, 1.165) is 19.5 Å². The molecule has 21 heavy (non-hydrogen) atoms. The van der Waals surface area contributed by atoms with Gasteiger partial charge in [-0.15, -0.1) is 0 Å². The molecule has 0 amide bonds. The summed E-state index contributed by atoms with van der Waals surface area (Å²) in [6, 6.07) is 17.1. The van der Waals surface area contributed by atoms with Crippen LogP contribution in [0.2, 0.25) is 0 Å². The molecule has 1 aliphatic rings. The number of hydrogen-bond donors (Lipinski definition) is 0. The molecule has 1 heterocycles. The number of nitrogens with zero attached hydrogens (tertiary/aromatic N) is 2. The van der Waals surface area contributed by atoms with Crippen LogP contribution in [0.5, 0.6) is 0 Å². The average molecular weight is 280 g/mol. The second-order valence-electron chi connectivity index (χ2n) is 5.49. The normalized spacial score (nSPS) is 18.6. The van der Waals surface area contributed by atoms with Crippen LogP contribution in [0.25, 0.3) is 0 Å². The second-order valence-corrected chi connectivity index (χ2v) is 5.49. The minimum absolute atomic E-state index is 0.185. The molecule has 106 valence electrons. The van der Waals surface area contributed by atoms with Crippen LogP contribution < -0.4 is 0 Å². The maximum atomic E-state index is 13.0. The molecule has 0 saturated carbocycles. The van der Waals surface area contributed by atoms with Crippen LogP contribution in [-0.2, 0) is 6.54 Å². The molecule has 2 nitrogen and oxygen atoms in total. The van der Waals surface area contributed by atoms with Gasteiger partial charge < -0.3 is 0 Å². The van der Waals surface area contributed by atoms with Gasteiger partial charge in [-0.2, -0.15) is 5.26 Å². The van der Waals surface area contributed by atoms with Crippen LogP contribution in [0, 0.1) is 17.1 Å². The van der Waals surface area contributed by atoms with Gasteiger partial charge in [-0.3, -0.25) is 4.90 Å². The van der Waals surface area contributed by atoms with Gasteiger partial charge in [0.1, 0.15) is 5.82 Å². The van der Waals surface area contributed by atoms with Gasteiger partial charge >= 0.3 is 0 Å². The predicted molar refractivity (Wildman–Crippen MR) is 79.9 cm³/mol.